The number of hydrogen-bond acceptors (Lipinski definition) is 4. The van der Waals surface area contributed by atoms with E-state index in [1.165, 1.54) is 12.1 Å². The zero-order valence-electron chi connectivity index (χ0n) is 16.9. The van der Waals surface area contributed by atoms with Crippen LogP contribution in [0.2, 0.25) is 0 Å². The third-order valence-electron chi connectivity index (χ3n) is 5.04. The third-order valence-corrected chi connectivity index (χ3v) is 5.04. The van der Waals surface area contributed by atoms with Gasteiger partial charge in [0.1, 0.15) is 0 Å². The fourth-order valence-electron chi connectivity index (χ4n) is 3.41. The van der Waals surface area contributed by atoms with Crippen LogP contribution < -0.4 is 0 Å². The lowest BCUT2D eigenvalue weighted by Crippen LogP contribution is -2.42. The van der Waals surface area contributed by atoms with Crippen molar-refractivity contribution in [2.45, 2.75) is 57.1 Å². The van der Waals surface area contributed by atoms with E-state index >= 15 is 0 Å². The van der Waals surface area contributed by atoms with Crippen molar-refractivity contribution in [3.05, 3.63) is 59.7 Å². The maximum absolute atomic E-state index is 12.3. The largest absolute Gasteiger partial charge is 0.481 e. The summed E-state index contributed by atoms with van der Waals surface area (Å²) in [4.78, 5) is 35.5. The monoisotopic (exact) mass is 415 g/mol. The molecule has 1 saturated heterocycles. The zero-order valence-corrected chi connectivity index (χ0v) is 16.9. The van der Waals surface area contributed by atoms with Gasteiger partial charge in [0.2, 0.25) is 5.91 Å². The summed E-state index contributed by atoms with van der Waals surface area (Å²) in [5.74, 6) is -1.72. The van der Waals surface area contributed by atoms with Gasteiger partial charge in [0.15, 0.2) is 0 Å². The smallest absolute Gasteiger partial charge is 0.335 e. The molecule has 7 nitrogen and oxygen atoms in total. The van der Waals surface area contributed by atoms with Crippen molar-refractivity contribution in [2.24, 2.45) is 0 Å². The van der Waals surface area contributed by atoms with Gasteiger partial charge in [-0.1, -0.05) is 36.4 Å². The van der Waals surface area contributed by atoms with Crippen LogP contribution in [0.25, 0.3) is 0 Å². The van der Waals surface area contributed by atoms with E-state index in [-0.39, 0.29) is 23.9 Å². The number of aromatic carboxylic acids is 1. The number of nitrogens with zero attached hydrogens (tertiary/aromatic N) is 1. The number of allylic oxidation sites excluding steroid dienone is 1. The van der Waals surface area contributed by atoms with Crippen molar-refractivity contribution in [1.29, 1.82) is 0 Å². The number of amides is 1. The van der Waals surface area contributed by atoms with Gasteiger partial charge in [-0.25, -0.2) is 4.79 Å². The Bertz CT molecular complexity index is 783. The Morgan fingerprint density at radius 1 is 1.17 bits per heavy atom. The molecule has 1 aromatic carbocycles. The number of likely N-dealkylation sites (tertiary alicyclic amines) is 1. The van der Waals surface area contributed by atoms with Gasteiger partial charge < -0.3 is 20.2 Å². The number of carbonyl (C=O) groups excluding carboxylic acids is 1. The second kappa shape index (κ2) is 11.9. The number of carboxylic acids is 2. The normalized spacial score (nSPS) is 18.2. The highest BCUT2D eigenvalue weighted by atomic mass is 16.4. The van der Waals surface area contributed by atoms with Gasteiger partial charge in [0, 0.05) is 25.8 Å². The van der Waals surface area contributed by atoms with E-state index in [0.29, 0.717) is 32.2 Å². The molecule has 30 heavy (non-hydrogen) atoms. The number of rotatable bonds is 11. The number of aliphatic hydroxyl groups excluding tert-OH is 1. The van der Waals surface area contributed by atoms with Crippen molar-refractivity contribution in [2.75, 3.05) is 6.54 Å². The highest BCUT2D eigenvalue weighted by molar-refractivity contribution is 5.87. The van der Waals surface area contributed by atoms with E-state index < -0.39 is 18.0 Å². The fourth-order valence-corrected chi connectivity index (χ4v) is 3.41. The van der Waals surface area contributed by atoms with E-state index in [1.54, 1.807) is 23.1 Å². The molecular formula is C23H29NO6. The molecule has 3 N–H and O–H groups in total. The Balaban J connectivity index is 1.88. The Labute approximate surface area is 176 Å². The van der Waals surface area contributed by atoms with E-state index in [9.17, 15) is 19.5 Å². The van der Waals surface area contributed by atoms with Crippen LogP contribution in [0.5, 0.6) is 0 Å². The van der Waals surface area contributed by atoms with Crippen molar-refractivity contribution in [3.8, 4) is 0 Å². The van der Waals surface area contributed by atoms with Crippen LogP contribution in [0, 0.1) is 0 Å². The van der Waals surface area contributed by atoms with E-state index in [4.69, 9.17) is 10.2 Å². The number of aliphatic carboxylic acids is 1. The summed E-state index contributed by atoms with van der Waals surface area (Å²) in [6.45, 7) is 0.466. The molecule has 1 amide bonds. The Morgan fingerprint density at radius 3 is 2.57 bits per heavy atom. The molecular weight excluding hydrogens is 386 g/mol. The maximum Gasteiger partial charge on any atom is 0.335 e. The second-order valence-corrected chi connectivity index (χ2v) is 7.42. The fraction of sp³-hybridized carbons (Fsp3) is 0.435. The predicted octanol–water partition coefficient (Wildman–Crippen LogP) is 3.04. The summed E-state index contributed by atoms with van der Waals surface area (Å²) in [5, 5.41) is 27.9. The molecule has 1 aromatic rings. The average Bonchev–Trinajstić information content (AvgIpc) is 2.70. The minimum Gasteiger partial charge on any atom is -0.481 e. The molecule has 7 heteroatoms. The standard InChI is InChI=1S/C23H29NO6/c25-20(16-17-9-11-18(12-10-17)23(29)30)14-13-19-6-5-7-21(26)24(19)15-4-2-1-3-8-22(27)28/h2,4,9-14,19-20,25H,1,3,5-8,15-16H2,(H,27,28)(H,29,30)/t19-,20?/m1/s1. The van der Waals surface area contributed by atoms with Gasteiger partial charge in [0.25, 0.3) is 0 Å². The molecule has 0 spiro atoms. The van der Waals surface area contributed by atoms with Gasteiger partial charge in [-0.05, 0) is 43.4 Å². The number of carbonyl (C=O) groups is 3. The lowest BCUT2D eigenvalue weighted by molar-refractivity contribution is -0.137. The first-order chi connectivity index (χ1) is 14.4. The molecule has 0 bridgehead atoms. The van der Waals surface area contributed by atoms with Gasteiger partial charge in [0.05, 0.1) is 17.7 Å². The summed E-state index contributed by atoms with van der Waals surface area (Å²) in [6, 6.07) is 6.31. The van der Waals surface area contributed by atoms with E-state index in [1.807, 2.05) is 18.2 Å². The number of aliphatic hydroxyl groups is 1. The molecule has 0 aromatic heterocycles. The molecule has 2 atom stereocenters. The van der Waals surface area contributed by atoms with Crippen LogP contribution in [0.15, 0.2) is 48.6 Å². The Hall–Kier alpha value is -2.93. The third kappa shape index (κ3) is 7.83. The minimum atomic E-state index is -0.986. The van der Waals surface area contributed by atoms with Crippen LogP contribution in [0.4, 0.5) is 0 Å². The highest BCUT2D eigenvalue weighted by Crippen LogP contribution is 2.20. The number of piperidine rings is 1. The van der Waals surface area contributed by atoms with Crippen LogP contribution in [-0.4, -0.2) is 56.8 Å². The van der Waals surface area contributed by atoms with Gasteiger partial charge in [-0.15, -0.1) is 0 Å². The number of hydrogen-bond donors (Lipinski definition) is 3. The van der Waals surface area contributed by atoms with Crippen molar-refractivity contribution in [1.82, 2.24) is 4.90 Å². The molecule has 162 valence electrons. The summed E-state index contributed by atoms with van der Waals surface area (Å²) in [7, 11) is 0. The number of carboxylic acid groups (broad SMARTS) is 2. The van der Waals surface area contributed by atoms with Crippen LogP contribution in [0.3, 0.4) is 0 Å². The van der Waals surface area contributed by atoms with Crippen molar-refractivity contribution in [3.63, 3.8) is 0 Å². The lowest BCUT2D eigenvalue weighted by atomic mass is 9.99. The number of benzene rings is 1. The minimum absolute atomic E-state index is 0.0739. The predicted molar refractivity (Wildman–Crippen MR) is 112 cm³/mol. The molecule has 1 heterocycles. The van der Waals surface area contributed by atoms with Gasteiger partial charge in [-0.3, -0.25) is 9.59 Å². The quantitative estimate of drug-likeness (QED) is 0.378. The molecule has 0 radical (unpaired) electrons. The molecule has 1 aliphatic heterocycles. The Morgan fingerprint density at radius 2 is 1.90 bits per heavy atom. The van der Waals surface area contributed by atoms with Crippen molar-refractivity contribution < 1.29 is 29.7 Å². The molecule has 1 aliphatic rings. The van der Waals surface area contributed by atoms with Crippen LogP contribution in [-0.2, 0) is 16.0 Å². The van der Waals surface area contributed by atoms with Gasteiger partial charge >= 0.3 is 11.9 Å². The molecule has 2 rings (SSSR count). The first kappa shape index (κ1) is 23.3. The molecule has 0 aliphatic carbocycles. The average molecular weight is 415 g/mol. The molecule has 1 unspecified atom stereocenters. The number of unbranched alkanes of at least 4 members (excludes halogenated alkanes) is 1. The summed E-state index contributed by atoms with van der Waals surface area (Å²) in [6.07, 6.45) is 10.5. The SMILES string of the molecule is O=C(O)CCCC=CCN1C(=O)CCC[C@@H]1C=CC(O)Cc1ccc(C(=O)O)cc1. The first-order valence-electron chi connectivity index (χ1n) is 10.2. The summed E-state index contributed by atoms with van der Waals surface area (Å²) in [5.41, 5.74) is 1.04. The van der Waals surface area contributed by atoms with Crippen LogP contribution >= 0.6 is 0 Å². The highest BCUT2D eigenvalue weighted by Gasteiger charge is 2.25. The summed E-state index contributed by atoms with van der Waals surface area (Å²) >= 11 is 0. The first-order valence-corrected chi connectivity index (χ1v) is 10.2. The van der Waals surface area contributed by atoms with Crippen molar-refractivity contribution >= 4 is 17.8 Å². The van der Waals surface area contributed by atoms with E-state index in [0.717, 1.165) is 18.4 Å². The maximum atomic E-state index is 12.3. The van der Waals surface area contributed by atoms with Crippen LogP contribution in [0.1, 0.15) is 54.4 Å². The molecule has 0 saturated carbocycles. The topological polar surface area (TPSA) is 115 Å². The molecule has 1 fully saturated rings. The second-order valence-electron chi connectivity index (χ2n) is 7.42. The Kier molecular flexibility index (Phi) is 9.28. The van der Waals surface area contributed by atoms with E-state index in [2.05, 4.69) is 0 Å². The summed E-state index contributed by atoms with van der Waals surface area (Å²) < 4.78 is 0. The lowest BCUT2D eigenvalue weighted by Gasteiger charge is -2.33. The zero-order chi connectivity index (χ0) is 21.9. The van der Waals surface area contributed by atoms with Gasteiger partial charge in [-0.2, -0.15) is 0 Å².